The van der Waals surface area contributed by atoms with Gasteiger partial charge >= 0.3 is 0 Å². The molecule has 0 spiro atoms. The van der Waals surface area contributed by atoms with E-state index in [-0.39, 0.29) is 17.1 Å². The molecule has 0 fully saturated rings. The summed E-state index contributed by atoms with van der Waals surface area (Å²) in [6, 6.07) is 14.8. The van der Waals surface area contributed by atoms with Crippen LogP contribution in [0.1, 0.15) is 23.3 Å². The second-order valence-corrected chi connectivity index (χ2v) is 5.87. The predicted molar refractivity (Wildman–Crippen MR) is 79.8 cm³/mol. The topological polar surface area (TPSA) is 26.0 Å². The summed E-state index contributed by atoms with van der Waals surface area (Å²) in [5.74, 6) is -0.189. The molecule has 2 aromatic rings. The minimum Gasteiger partial charge on any atom is -0.327 e. The lowest BCUT2D eigenvalue weighted by atomic mass is 10.1. The van der Waals surface area contributed by atoms with Crippen molar-refractivity contribution < 1.29 is 4.39 Å². The Morgan fingerprint density at radius 3 is 2.32 bits per heavy atom. The van der Waals surface area contributed by atoms with Crippen molar-refractivity contribution in [1.82, 2.24) is 0 Å². The zero-order chi connectivity index (χ0) is 13.8. The van der Waals surface area contributed by atoms with Crippen molar-refractivity contribution in [2.45, 2.75) is 30.0 Å². The van der Waals surface area contributed by atoms with Crippen LogP contribution in [0.2, 0.25) is 0 Å². The van der Waals surface area contributed by atoms with Crippen LogP contribution in [-0.2, 0) is 0 Å². The normalized spacial score (nSPS) is 14.1. The molecule has 0 bridgehead atoms. The maximum atomic E-state index is 13.9. The van der Waals surface area contributed by atoms with Gasteiger partial charge in [0, 0.05) is 16.5 Å². The predicted octanol–water partition coefficient (Wildman–Crippen LogP) is 4.31. The Morgan fingerprint density at radius 1 is 1.05 bits per heavy atom. The molecular weight excluding hydrogens is 257 g/mol. The van der Waals surface area contributed by atoms with Gasteiger partial charge < -0.3 is 5.73 Å². The minimum absolute atomic E-state index is 0.0812. The van der Waals surface area contributed by atoms with E-state index < -0.39 is 0 Å². The van der Waals surface area contributed by atoms with E-state index in [4.69, 9.17) is 5.73 Å². The van der Waals surface area contributed by atoms with Crippen LogP contribution in [0.5, 0.6) is 0 Å². The molecule has 0 amide bonds. The molecule has 0 saturated heterocycles. The molecule has 2 atom stereocenters. The molecule has 1 nitrogen and oxygen atoms in total. The first-order chi connectivity index (χ1) is 9.09. The number of hydrogen-bond acceptors (Lipinski definition) is 2. The maximum Gasteiger partial charge on any atom is 0.127 e. The molecule has 100 valence electrons. The Bertz CT molecular complexity index is 554. The standard InChI is InChI=1S/C16H18FNS/c1-11-7-3-6-10-15(11)19-16(12(2)18)13-8-4-5-9-14(13)17/h3-10,12,16H,18H2,1-2H3. The number of thioether (sulfide) groups is 1. The molecule has 0 radical (unpaired) electrons. The van der Waals surface area contributed by atoms with Crippen molar-refractivity contribution in [3.05, 3.63) is 65.5 Å². The van der Waals surface area contributed by atoms with E-state index >= 15 is 0 Å². The third kappa shape index (κ3) is 3.37. The van der Waals surface area contributed by atoms with Crippen LogP contribution in [0, 0.1) is 12.7 Å². The Kier molecular flexibility index (Phi) is 4.61. The van der Waals surface area contributed by atoms with Crippen molar-refractivity contribution in [2.24, 2.45) is 5.73 Å². The van der Waals surface area contributed by atoms with E-state index in [9.17, 15) is 4.39 Å². The van der Waals surface area contributed by atoms with E-state index in [1.807, 2.05) is 31.2 Å². The molecule has 2 rings (SSSR count). The Labute approximate surface area is 118 Å². The summed E-state index contributed by atoms with van der Waals surface area (Å²) in [7, 11) is 0. The second kappa shape index (κ2) is 6.22. The zero-order valence-electron chi connectivity index (χ0n) is 11.1. The van der Waals surface area contributed by atoms with Gasteiger partial charge in [-0.1, -0.05) is 36.4 Å². The highest BCUT2D eigenvalue weighted by Gasteiger charge is 2.21. The first-order valence-electron chi connectivity index (χ1n) is 6.32. The lowest BCUT2D eigenvalue weighted by Gasteiger charge is -2.22. The summed E-state index contributed by atoms with van der Waals surface area (Å²) in [4.78, 5) is 1.15. The minimum atomic E-state index is -0.189. The third-order valence-corrected chi connectivity index (χ3v) is 4.69. The molecule has 2 aromatic carbocycles. The van der Waals surface area contributed by atoms with E-state index in [1.54, 1.807) is 17.8 Å². The van der Waals surface area contributed by atoms with Gasteiger partial charge in [0.25, 0.3) is 0 Å². The maximum absolute atomic E-state index is 13.9. The number of hydrogen-bond donors (Lipinski definition) is 1. The fraction of sp³-hybridized carbons (Fsp3) is 0.250. The van der Waals surface area contributed by atoms with E-state index in [2.05, 4.69) is 19.1 Å². The Hall–Kier alpha value is -1.32. The highest BCUT2D eigenvalue weighted by Crippen LogP contribution is 2.39. The lowest BCUT2D eigenvalue weighted by Crippen LogP contribution is -2.23. The molecule has 0 heterocycles. The van der Waals surface area contributed by atoms with Gasteiger partial charge in [0.15, 0.2) is 0 Å². The molecule has 0 aromatic heterocycles. The number of halogens is 1. The number of rotatable bonds is 4. The second-order valence-electron chi connectivity index (χ2n) is 4.68. The summed E-state index contributed by atoms with van der Waals surface area (Å²) in [6.07, 6.45) is 0. The fourth-order valence-electron chi connectivity index (χ4n) is 1.99. The SMILES string of the molecule is Cc1ccccc1SC(c1ccccc1F)C(C)N. The zero-order valence-corrected chi connectivity index (χ0v) is 12.0. The molecule has 0 aliphatic carbocycles. The number of nitrogens with two attached hydrogens (primary N) is 1. The van der Waals surface area contributed by atoms with Crippen molar-refractivity contribution in [2.75, 3.05) is 0 Å². The summed E-state index contributed by atoms with van der Waals surface area (Å²) in [5.41, 5.74) is 7.91. The van der Waals surface area contributed by atoms with Crippen molar-refractivity contribution >= 4 is 11.8 Å². The molecule has 2 unspecified atom stereocenters. The summed E-state index contributed by atoms with van der Waals surface area (Å²) in [6.45, 7) is 3.98. The van der Waals surface area contributed by atoms with Crippen LogP contribution in [0.3, 0.4) is 0 Å². The molecular formula is C16H18FNS. The van der Waals surface area contributed by atoms with E-state index in [0.29, 0.717) is 5.56 Å². The molecule has 0 aliphatic rings. The lowest BCUT2D eigenvalue weighted by molar-refractivity contribution is 0.592. The van der Waals surface area contributed by atoms with Gasteiger partial charge in [-0.05, 0) is 31.5 Å². The average molecular weight is 275 g/mol. The van der Waals surface area contributed by atoms with Gasteiger partial charge in [0.05, 0.1) is 5.25 Å². The van der Waals surface area contributed by atoms with Crippen molar-refractivity contribution in [3.8, 4) is 0 Å². The van der Waals surface area contributed by atoms with Gasteiger partial charge in [-0.25, -0.2) is 4.39 Å². The summed E-state index contributed by atoms with van der Waals surface area (Å²) >= 11 is 1.63. The van der Waals surface area contributed by atoms with Crippen molar-refractivity contribution in [3.63, 3.8) is 0 Å². The van der Waals surface area contributed by atoms with Gasteiger partial charge in [-0.3, -0.25) is 0 Å². The summed E-state index contributed by atoms with van der Waals surface area (Å²) < 4.78 is 13.9. The third-order valence-electron chi connectivity index (χ3n) is 3.04. The van der Waals surface area contributed by atoms with Crippen LogP contribution in [-0.4, -0.2) is 6.04 Å². The number of aryl methyl sites for hydroxylation is 1. The largest absolute Gasteiger partial charge is 0.327 e. The summed E-state index contributed by atoms with van der Waals surface area (Å²) in [5, 5.41) is -0.0812. The monoisotopic (exact) mass is 275 g/mol. The highest BCUT2D eigenvalue weighted by atomic mass is 32.2. The molecule has 3 heteroatoms. The first-order valence-corrected chi connectivity index (χ1v) is 7.20. The van der Waals surface area contributed by atoms with Crippen LogP contribution in [0.25, 0.3) is 0 Å². The van der Waals surface area contributed by atoms with Gasteiger partial charge in [-0.2, -0.15) is 0 Å². The van der Waals surface area contributed by atoms with Crippen molar-refractivity contribution in [1.29, 1.82) is 0 Å². The Balaban J connectivity index is 2.33. The average Bonchev–Trinajstić information content (AvgIpc) is 2.38. The van der Waals surface area contributed by atoms with E-state index in [1.165, 1.54) is 11.6 Å². The van der Waals surface area contributed by atoms with Gasteiger partial charge in [0.1, 0.15) is 5.82 Å². The van der Waals surface area contributed by atoms with Crippen LogP contribution in [0.4, 0.5) is 4.39 Å². The molecule has 0 aliphatic heterocycles. The fourth-order valence-corrected chi connectivity index (χ4v) is 3.20. The van der Waals surface area contributed by atoms with Crippen LogP contribution >= 0.6 is 11.8 Å². The first kappa shape index (κ1) is 14.1. The Morgan fingerprint density at radius 2 is 1.68 bits per heavy atom. The molecule has 0 saturated carbocycles. The molecule has 19 heavy (non-hydrogen) atoms. The highest BCUT2D eigenvalue weighted by molar-refractivity contribution is 7.99. The molecule has 2 N–H and O–H groups in total. The van der Waals surface area contributed by atoms with Crippen LogP contribution in [0.15, 0.2) is 53.4 Å². The van der Waals surface area contributed by atoms with Gasteiger partial charge in [-0.15, -0.1) is 11.8 Å². The quantitative estimate of drug-likeness (QED) is 0.841. The number of benzene rings is 2. The van der Waals surface area contributed by atoms with Gasteiger partial charge in [0.2, 0.25) is 0 Å². The van der Waals surface area contributed by atoms with E-state index in [0.717, 1.165) is 4.90 Å². The smallest absolute Gasteiger partial charge is 0.127 e. The van der Waals surface area contributed by atoms with Crippen LogP contribution < -0.4 is 5.73 Å².